The van der Waals surface area contributed by atoms with E-state index in [0.717, 1.165) is 27.8 Å². The van der Waals surface area contributed by atoms with Crippen molar-refractivity contribution in [2.24, 2.45) is 0 Å². The normalized spacial score (nSPS) is 11.6. The summed E-state index contributed by atoms with van der Waals surface area (Å²) in [5.74, 6) is 1.51. The van der Waals surface area contributed by atoms with Crippen molar-refractivity contribution >= 4 is 10.9 Å². The predicted octanol–water partition coefficient (Wildman–Crippen LogP) is 2.57. The fourth-order valence-electron chi connectivity index (χ4n) is 3.61. The lowest BCUT2D eigenvalue weighted by atomic mass is 10.0. The van der Waals surface area contributed by atoms with Crippen molar-refractivity contribution < 1.29 is 9.15 Å². The van der Waals surface area contributed by atoms with E-state index in [0.29, 0.717) is 44.2 Å². The molecule has 9 nitrogen and oxygen atoms in total. The molecule has 4 rings (SSSR count). The minimum absolute atomic E-state index is 0.0929. The van der Waals surface area contributed by atoms with Gasteiger partial charge in [0, 0.05) is 19.2 Å². The zero-order valence-electron chi connectivity index (χ0n) is 18.0. The van der Waals surface area contributed by atoms with Crippen LogP contribution in [0, 0.1) is 13.8 Å². The fourth-order valence-corrected chi connectivity index (χ4v) is 3.61. The van der Waals surface area contributed by atoms with Crippen LogP contribution in [0.25, 0.3) is 10.9 Å². The van der Waals surface area contributed by atoms with Crippen molar-refractivity contribution in [2.45, 2.75) is 40.0 Å². The Labute approximate surface area is 179 Å². The minimum Gasteiger partial charge on any atom is -0.468 e. The Balaban J connectivity index is 1.63. The number of fused-ring (bicyclic) bond motifs is 1. The lowest BCUT2D eigenvalue weighted by molar-refractivity contribution is 0.176. The highest BCUT2D eigenvalue weighted by Gasteiger charge is 2.17. The number of hydrogen-bond donors (Lipinski definition) is 1. The molecule has 0 amide bonds. The zero-order valence-corrected chi connectivity index (χ0v) is 18.0. The lowest BCUT2D eigenvalue weighted by Gasteiger charge is -2.21. The van der Waals surface area contributed by atoms with Gasteiger partial charge >= 0.3 is 0 Å². The fraction of sp³-hybridized carbons (Fsp3) is 0.364. The van der Waals surface area contributed by atoms with Gasteiger partial charge in [-0.3, -0.25) is 9.69 Å². The number of tetrazole rings is 1. The summed E-state index contributed by atoms with van der Waals surface area (Å²) < 4.78 is 12.4. The molecule has 1 aromatic carbocycles. The van der Waals surface area contributed by atoms with Crippen LogP contribution < -0.4 is 5.56 Å². The van der Waals surface area contributed by atoms with Crippen LogP contribution in [0.5, 0.6) is 0 Å². The van der Waals surface area contributed by atoms with Gasteiger partial charge in [0.2, 0.25) is 0 Å². The monoisotopic (exact) mass is 422 g/mol. The van der Waals surface area contributed by atoms with Crippen molar-refractivity contribution in [3.05, 3.63) is 75.2 Å². The highest BCUT2D eigenvalue weighted by Crippen LogP contribution is 2.20. The molecule has 9 heteroatoms. The van der Waals surface area contributed by atoms with Crippen LogP contribution in [-0.4, -0.2) is 43.8 Å². The molecule has 3 aromatic heterocycles. The van der Waals surface area contributed by atoms with Crippen LogP contribution in [0.15, 0.2) is 45.8 Å². The number of nitrogens with one attached hydrogen (secondary N) is 1. The molecule has 31 heavy (non-hydrogen) atoms. The van der Waals surface area contributed by atoms with Crippen LogP contribution in [0.2, 0.25) is 0 Å². The van der Waals surface area contributed by atoms with E-state index in [4.69, 9.17) is 9.15 Å². The third-order valence-electron chi connectivity index (χ3n) is 5.46. The summed E-state index contributed by atoms with van der Waals surface area (Å²) >= 11 is 0. The summed E-state index contributed by atoms with van der Waals surface area (Å²) in [5.41, 5.74) is 3.71. The van der Waals surface area contributed by atoms with Crippen LogP contribution in [0.1, 0.15) is 28.3 Å². The van der Waals surface area contributed by atoms with Gasteiger partial charge < -0.3 is 14.1 Å². The van der Waals surface area contributed by atoms with Crippen LogP contribution in [0.3, 0.4) is 0 Å². The maximum atomic E-state index is 12.9. The molecule has 0 saturated carbocycles. The van der Waals surface area contributed by atoms with Crippen LogP contribution in [0.4, 0.5) is 0 Å². The Bertz CT molecular complexity index is 1210. The summed E-state index contributed by atoms with van der Waals surface area (Å²) in [5, 5.41) is 13.0. The van der Waals surface area contributed by atoms with Crippen molar-refractivity contribution in [1.29, 1.82) is 0 Å². The number of nitrogens with zero attached hydrogens (tertiary/aromatic N) is 5. The molecule has 0 bridgehead atoms. The average Bonchev–Trinajstić information content (AvgIpc) is 3.42. The first-order chi connectivity index (χ1) is 15.0. The number of furan rings is 1. The molecule has 0 radical (unpaired) electrons. The second-order valence-electron chi connectivity index (χ2n) is 7.63. The number of hydrogen-bond acceptors (Lipinski definition) is 7. The third-order valence-corrected chi connectivity index (χ3v) is 5.46. The number of rotatable bonds is 9. The SMILES string of the molecule is COCCn1nnnc1CN(Cc1ccco1)Cc1cc2ccc(C)c(C)c2[nH]c1=O. The Hall–Kier alpha value is -3.30. The molecule has 0 aliphatic carbocycles. The van der Waals surface area contributed by atoms with Gasteiger partial charge in [-0.05, 0) is 59.0 Å². The zero-order chi connectivity index (χ0) is 21.8. The molecule has 0 unspecified atom stereocenters. The standard InChI is InChI=1S/C22H26N6O3/c1-15-6-7-17-11-18(22(29)23-21(17)16(15)2)12-27(13-19-5-4-9-31-19)14-20-24-25-26-28(20)8-10-30-3/h4-7,9,11H,8,10,12-14H2,1-3H3,(H,23,29). The number of aromatic nitrogens is 5. The second kappa shape index (κ2) is 9.23. The molecule has 3 heterocycles. The van der Waals surface area contributed by atoms with E-state index >= 15 is 0 Å². The maximum Gasteiger partial charge on any atom is 0.252 e. The Morgan fingerprint density at radius 1 is 1.19 bits per heavy atom. The van der Waals surface area contributed by atoms with Crippen molar-refractivity contribution in [3.8, 4) is 0 Å². The van der Waals surface area contributed by atoms with Gasteiger partial charge in [0.25, 0.3) is 5.56 Å². The lowest BCUT2D eigenvalue weighted by Crippen LogP contribution is -2.28. The summed E-state index contributed by atoms with van der Waals surface area (Å²) in [4.78, 5) is 18.0. The highest BCUT2D eigenvalue weighted by molar-refractivity contribution is 5.83. The molecule has 0 aliphatic heterocycles. The summed E-state index contributed by atoms with van der Waals surface area (Å²) in [6.07, 6.45) is 1.64. The van der Waals surface area contributed by atoms with E-state index in [1.165, 1.54) is 0 Å². The van der Waals surface area contributed by atoms with E-state index in [9.17, 15) is 4.79 Å². The van der Waals surface area contributed by atoms with E-state index in [2.05, 4.69) is 31.5 Å². The number of ether oxygens (including phenoxy) is 1. The van der Waals surface area contributed by atoms with E-state index < -0.39 is 0 Å². The average molecular weight is 422 g/mol. The maximum absolute atomic E-state index is 12.9. The van der Waals surface area contributed by atoms with Gasteiger partial charge in [-0.25, -0.2) is 4.68 Å². The molecule has 0 saturated heterocycles. The van der Waals surface area contributed by atoms with E-state index in [1.807, 2.05) is 38.1 Å². The van der Waals surface area contributed by atoms with Crippen LogP contribution >= 0.6 is 0 Å². The van der Waals surface area contributed by atoms with Crippen molar-refractivity contribution in [3.63, 3.8) is 0 Å². The number of benzene rings is 1. The molecule has 0 atom stereocenters. The topological polar surface area (TPSA) is 102 Å². The summed E-state index contributed by atoms with van der Waals surface area (Å²) in [6.45, 7) is 6.55. The number of pyridine rings is 1. The van der Waals surface area contributed by atoms with Gasteiger partial charge in [-0.2, -0.15) is 0 Å². The Kier molecular flexibility index (Phi) is 6.24. The highest BCUT2D eigenvalue weighted by atomic mass is 16.5. The van der Waals surface area contributed by atoms with E-state index in [-0.39, 0.29) is 5.56 Å². The van der Waals surface area contributed by atoms with Gasteiger partial charge in [0.05, 0.1) is 38.0 Å². The first kappa shape index (κ1) is 21.0. The largest absolute Gasteiger partial charge is 0.468 e. The van der Waals surface area contributed by atoms with E-state index in [1.54, 1.807) is 18.1 Å². The summed E-state index contributed by atoms with van der Waals surface area (Å²) in [6, 6.07) is 9.84. The molecule has 0 spiro atoms. The molecule has 1 N–H and O–H groups in total. The minimum atomic E-state index is -0.0929. The number of H-pyrrole nitrogens is 1. The van der Waals surface area contributed by atoms with Crippen molar-refractivity contribution in [2.75, 3.05) is 13.7 Å². The van der Waals surface area contributed by atoms with Crippen LogP contribution in [-0.2, 0) is 30.9 Å². The molecule has 0 aliphatic rings. The Morgan fingerprint density at radius 2 is 2.06 bits per heavy atom. The quantitative estimate of drug-likeness (QED) is 0.442. The molecule has 4 aromatic rings. The second-order valence-corrected chi connectivity index (χ2v) is 7.63. The molecule has 0 fully saturated rings. The molecular weight excluding hydrogens is 396 g/mol. The molecular formula is C22H26N6O3. The third kappa shape index (κ3) is 4.73. The first-order valence-corrected chi connectivity index (χ1v) is 10.2. The number of aromatic amines is 1. The van der Waals surface area contributed by atoms with Crippen molar-refractivity contribution in [1.82, 2.24) is 30.1 Å². The van der Waals surface area contributed by atoms with Gasteiger partial charge in [0.15, 0.2) is 5.82 Å². The Morgan fingerprint density at radius 3 is 2.84 bits per heavy atom. The van der Waals surface area contributed by atoms with Gasteiger partial charge in [0.1, 0.15) is 5.76 Å². The number of aryl methyl sites for hydroxylation is 2. The smallest absolute Gasteiger partial charge is 0.252 e. The predicted molar refractivity (Wildman–Crippen MR) is 115 cm³/mol. The molecule has 162 valence electrons. The first-order valence-electron chi connectivity index (χ1n) is 10.2. The van der Waals surface area contributed by atoms with Gasteiger partial charge in [-0.15, -0.1) is 5.10 Å². The number of methoxy groups -OCH3 is 1. The summed E-state index contributed by atoms with van der Waals surface area (Å²) in [7, 11) is 1.64. The van der Waals surface area contributed by atoms with Gasteiger partial charge in [-0.1, -0.05) is 12.1 Å².